The molecule has 1 aromatic carbocycles. The van der Waals surface area contributed by atoms with Gasteiger partial charge in [-0.15, -0.1) is 0 Å². The molecule has 0 N–H and O–H groups in total. The van der Waals surface area contributed by atoms with Crippen molar-refractivity contribution in [3.05, 3.63) is 33.8 Å². The fourth-order valence-corrected chi connectivity index (χ4v) is 3.86. The Balaban J connectivity index is 1.84. The van der Waals surface area contributed by atoms with Crippen molar-refractivity contribution in [3.8, 4) is 0 Å². The molecule has 0 amide bonds. The minimum Gasteiger partial charge on any atom is -0.419 e. The molecule has 128 valence electrons. The number of esters is 2. The molecule has 1 aliphatic carbocycles. The summed E-state index contributed by atoms with van der Waals surface area (Å²) in [6.45, 7) is 0. The van der Waals surface area contributed by atoms with Crippen molar-refractivity contribution in [2.24, 2.45) is 0 Å². The first-order valence-corrected chi connectivity index (χ1v) is 8.85. The highest BCUT2D eigenvalue weighted by atomic mass is 79.9. The largest absolute Gasteiger partial charge is 0.419 e. The summed E-state index contributed by atoms with van der Waals surface area (Å²) < 4.78 is 11.9. The number of benzene rings is 1. The minimum atomic E-state index is -1.04. The molecule has 0 aromatic heterocycles. The number of anilines is 1. The molecule has 1 aliphatic heterocycles. The van der Waals surface area contributed by atoms with Crippen LogP contribution in [-0.4, -0.2) is 31.8 Å². The van der Waals surface area contributed by atoms with Gasteiger partial charge in [-0.2, -0.15) is 0 Å². The number of carbonyl (C=O) groups is 2. The van der Waals surface area contributed by atoms with Gasteiger partial charge in [0, 0.05) is 31.4 Å². The first-order chi connectivity index (χ1) is 11.4. The van der Waals surface area contributed by atoms with Crippen molar-refractivity contribution >= 4 is 39.6 Å². The third-order valence-corrected chi connectivity index (χ3v) is 5.01. The van der Waals surface area contributed by atoms with Crippen LogP contribution in [0.2, 0.25) is 0 Å². The highest BCUT2D eigenvalue weighted by molar-refractivity contribution is 9.10. The first kappa shape index (κ1) is 17.0. The Morgan fingerprint density at radius 2 is 1.71 bits per heavy atom. The topological polar surface area (TPSA) is 55.8 Å². The summed E-state index contributed by atoms with van der Waals surface area (Å²) in [5.41, 5.74) is 1.68. The maximum Gasteiger partial charge on any atom is 0.348 e. The SMILES string of the molecule is CN(C)c1ccc(C=C2C(=O)OC3(CCCCC3)OC2=O)cc1Br. The van der Waals surface area contributed by atoms with E-state index < -0.39 is 17.7 Å². The summed E-state index contributed by atoms with van der Waals surface area (Å²) in [5, 5.41) is 0. The number of rotatable bonds is 2. The smallest absolute Gasteiger partial charge is 0.348 e. The maximum atomic E-state index is 12.3. The van der Waals surface area contributed by atoms with Gasteiger partial charge in [0.05, 0.1) is 5.69 Å². The van der Waals surface area contributed by atoms with Gasteiger partial charge in [-0.25, -0.2) is 9.59 Å². The summed E-state index contributed by atoms with van der Waals surface area (Å²) in [5.74, 6) is -2.24. The number of hydrogen-bond acceptors (Lipinski definition) is 5. The zero-order valence-electron chi connectivity index (χ0n) is 13.8. The number of nitrogens with zero attached hydrogens (tertiary/aromatic N) is 1. The van der Waals surface area contributed by atoms with Gasteiger partial charge in [0.2, 0.25) is 0 Å². The number of ether oxygens (including phenoxy) is 2. The Morgan fingerprint density at radius 3 is 2.25 bits per heavy atom. The van der Waals surface area contributed by atoms with Gasteiger partial charge in [0.25, 0.3) is 5.79 Å². The van der Waals surface area contributed by atoms with E-state index in [2.05, 4.69) is 15.9 Å². The van der Waals surface area contributed by atoms with E-state index in [0.29, 0.717) is 12.8 Å². The van der Waals surface area contributed by atoms with Crippen LogP contribution in [0.3, 0.4) is 0 Å². The Kier molecular flexibility index (Phi) is 4.67. The predicted octanol–water partition coefficient (Wildman–Crippen LogP) is 3.66. The van der Waals surface area contributed by atoms with Gasteiger partial charge in [0.1, 0.15) is 5.57 Å². The van der Waals surface area contributed by atoms with Crippen LogP contribution in [0.4, 0.5) is 5.69 Å². The van der Waals surface area contributed by atoms with E-state index in [1.165, 1.54) is 6.08 Å². The van der Waals surface area contributed by atoms with Crippen LogP contribution in [-0.2, 0) is 19.1 Å². The fraction of sp³-hybridized carbons (Fsp3) is 0.444. The highest BCUT2D eigenvalue weighted by Gasteiger charge is 2.46. The second kappa shape index (κ2) is 6.59. The van der Waals surface area contributed by atoms with Gasteiger partial charge in [-0.3, -0.25) is 0 Å². The molecule has 0 bridgehead atoms. The van der Waals surface area contributed by atoms with Crippen molar-refractivity contribution in [1.29, 1.82) is 0 Å². The minimum absolute atomic E-state index is 0.0595. The average molecular weight is 394 g/mol. The van der Waals surface area contributed by atoms with Crippen LogP contribution in [0.1, 0.15) is 37.7 Å². The zero-order valence-corrected chi connectivity index (χ0v) is 15.4. The van der Waals surface area contributed by atoms with Gasteiger partial charge >= 0.3 is 11.9 Å². The molecule has 24 heavy (non-hydrogen) atoms. The van der Waals surface area contributed by atoms with Crippen LogP contribution >= 0.6 is 15.9 Å². The second-order valence-corrected chi connectivity index (χ2v) is 7.27. The second-order valence-electron chi connectivity index (χ2n) is 6.41. The molecule has 0 unspecified atom stereocenters. The molecule has 6 heteroatoms. The third-order valence-electron chi connectivity index (χ3n) is 4.38. The van der Waals surface area contributed by atoms with Gasteiger partial charge in [-0.05, 0) is 52.5 Å². The van der Waals surface area contributed by atoms with Crippen LogP contribution in [0.5, 0.6) is 0 Å². The summed E-state index contributed by atoms with van der Waals surface area (Å²) in [6, 6.07) is 5.62. The molecule has 2 aliphatic rings. The first-order valence-electron chi connectivity index (χ1n) is 8.05. The van der Waals surface area contributed by atoms with Gasteiger partial charge in [-0.1, -0.05) is 12.5 Å². The van der Waals surface area contributed by atoms with E-state index in [9.17, 15) is 9.59 Å². The fourth-order valence-electron chi connectivity index (χ4n) is 3.11. The molecule has 1 spiro atoms. The van der Waals surface area contributed by atoms with Crippen LogP contribution in [0.15, 0.2) is 28.2 Å². The molecule has 1 heterocycles. The van der Waals surface area contributed by atoms with E-state index in [4.69, 9.17) is 9.47 Å². The van der Waals surface area contributed by atoms with Crippen molar-refractivity contribution in [3.63, 3.8) is 0 Å². The molecule has 0 atom stereocenters. The summed E-state index contributed by atoms with van der Waals surface area (Å²) in [6.07, 6.45) is 5.56. The van der Waals surface area contributed by atoms with Crippen molar-refractivity contribution in [2.45, 2.75) is 37.9 Å². The quantitative estimate of drug-likeness (QED) is 0.435. The monoisotopic (exact) mass is 393 g/mol. The zero-order chi connectivity index (χ0) is 17.3. The number of carbonyl (C=O) groups excluding carboxylic acids is 2. The van der Waals surface area contributed by atoms with E-state index >= 15 is 0 Å². The molecular formula is C18H20BrNO4. The molecule has 3 rings (SSSR count). The van der Waals surface area contributed by atoms with E-state index in [1.54, 1.807) is 0 Å². The molecule has 1 saturated carbocycles. The predicted molar refractivity (Wildman–Crippen MR) is 94.4 cm³/mol. The Morgan fingerprint density at radius 1 is 1.08 bits per heavy atom. The van der Waals surface area contributed by atoms with Crippen LogP contribution in [0.25, 0.3) is 6.08 Å². The standard InChI is InChI=1S/C18H20BrNO4/c1-20(2)15-7-6-12(11-14(15)19)10-13-16(21)23-18(24-17(13)22)8-4-3-5-9-18/h6-7,10-11H,3-5,8-9H2,1-2H3. The number of halogens is 1. The molecule has 5 nitrogen and oxygen atoms in total. The van der Waals surface area contributed by atoms with Crippen LogP contribution in [0, 0.1) is 0 Å². The summed E-state index contributed by atoms with van der Waals surface area (Å²) >= 11 is 3.50. The normalized spacial score (nSPS) is 19.7. The van der Waals surface area contributed by atoms with Gasteiger partial charge in [0.15, 0.2) is 0 Å². The van der Waals surface area contributed by atoms with Crippen molar-refractivity contribution in [1.82, 2.24) is 0 Å². The van der Waals surface area contributed by atoms with E-state index in [-0.39, 0.29) is 5.57 Å². The Hall–Kier alpha value is -1.82. The Bertz CT molecular complexity index is 683. The van der Waals surface area contributed by atoms with Crippen LogP contribution < -0.4 is 4.90 Å². The lowest BCUT2D eigenvalue weighted by Crippen LogP contribution is -2.47. The Labute approximate surface area is 149 Å². The lowest BCUT2D eigenvalue weighted by Gasteiger charge is -2.38. The molecular weight excluding hydrogens is 374 g/mol. The molecule has 1 saturated heterocycles. The molecule has 2 fully saturated rings. The van der Waals surface area contributed by atoms with E-state index in [1.807, 2.05) is 37.2 Å². The summed E-state index contributed by atoms with van der Waals surface area (Å²) in [4.78, 5) is 26.6. The lowest BCUT2D eigenvalue weighted by atomic mass is 9.93. The van der Waals surface area contributed by atoms with Crippen molar-refractivity contribution < 1.29 is 19.1 Å². The van der Waals surface area contributed by atoms with Crippen molar-refractivity contribution in [2.75, 3.05) is 19.0 Å². The molecule has 1 aromatic rings. The van der Waals surface area contributed by atoms with Gasteiger partial charge < -0.3 is 14.4 Å². The maximum absolute atomic E-state index is 12.3. The lowest BCUT2D eigenvalue weighted by molar-refractivity contribution is -0.244. The molecule has 0 radical (unpaired) electrons. The highest BCUT2D eigenvalue weighted by Crippen LogP contribution is 2.37. The van der Waals surface area contributed by atoms with E-state index in [0.717, 1.165) is 35.0 Å². The third kappa shape index (κ3) is 3.34. The average Bonchev–Trinajstić information content (AvgIpc) is 2.51. The summed E-state index contributed by atoms with van der Waals surface area (Å²) in [7, 11) is 3.88. The number of hydrogen-bond donors (Lipinski definition) is 0.